The first kappa shape index (κ1) is 14.0. The lowest BCUT2D eigenvalue weighted by molar-refractivity contribution is -0.116. The second-order valence-corrected chi connectivity index (χ2v) is 5.92. The van der Waals surface area contributed by atoms with Crippen molar-refractivity contribution in [1.29, 1.82) is 0 Å². The van der Waals surface area contributed by atoms with E-state index in [1.165, 1.54) is 17.4 Å². The van der Waals surface area contributed by atoms with Crippen molar-refractivity contribution in [2.45, 2.75) is 12.5 Å². The highest BCUT2D eigenvalue weighted by molar-refractivity contribution is 7.10. The summed E-state index contributed by atoms with van der Waals surface area (Å²) in [4.78, 5) is 13.5. The molecule has 0 radical (unpaired) electrons. The predicted molar refractivity (Wildman–Crippen MR) is 80.3 cm³/mol. The largest absolute Gasteiger partial charge is 0.388 e. The number of carbonyl (C=O) groups excluding carboxylic acids is 1. The van der Waals surface area contributed by atoms with Crippen LogP contribution in [0.5, 0.6) is 0 Å². The number of nitrogens with one attached hydrogen (secondary N) is 1. The Labute approximate surface area is 120 Å². The molecule has 0 aliphatic carbocycles. The van der Waals surface area contributed by atoms with Gasteiger partial charge < -0.3 is 10.4 Å². The van der Waals surface area contributed by atoms with Crippen LogP contribution in [0.4, 0.5) is 0 Å². The average molecular weight is 293 g/mol. The smallest absolute Gasteiger partial charge is 0.244 e. The van der Waals surface area contributed by atoms with Crippen LogP contribution in [0.1, 0.15) is 22.3 Å². The van der Waals surface area contributed by atoms with Gasteiger partial charge in [-0.2, -0.15) is 0 Å². The normalized spacial score (nSPS) is 12.7. The lowest BCUT2D eigenvalue weighted by Gasteiger charge is -2.08. The van der Waals surface area contributed by atoms with E-state index >= 15 is 0 Å². The molecular formula is C14H15NO2S2. The quantitative estimate of drug-likeness (QED) is 0.804. The van der Waals surface area contributed by atoms with Gasteiger partial charge in [0.05, 0.1) is 6.10 Å². The van der Waals surface area contributed by atoms with Crippen LogP contribution in [-0.4, -0.2) is 17.6 Å². The minimum atomic E-state index is -0.499. The summed E-state index contributed by atoms with van der Waals surface area (Å²) in [6.07, 6.45) is 3.33. The highest BCUT2D eigenvalue weighted by Gasteiger charge is 2.08. The molecule has 2 aromatic heterocycles. The molecule has 0 saturated heterocycles. The van der Waals surface area contributed by atoms with Crippen molar-refractivity contribution in [3.8, 4) is 0 Å². The lowest BCUT2D eigenvalue weighted by atomic mass is 10.2. The molecule has 1 unspecified atom stereocenters. The molecule has 0 spiro atoms. The van der Waals surface area contributed by atoms with E-state index in [0.29, 0.717) is 13.0 Å². The van der Waals surface area contributed by atoms with Crippen LogP contribution in [0.25, 0.3) is 6.08 Å². The fraction of sp³-hybridized carbons (Fsp3) is 0.214. The van der Waals surface area contributed by atoms with Gasteiger partial charge in [-0.05, 0) is 35.4 Å². The number of thiophene rings is 2. The first-order valence-corrected chi connectivity index (χ1v) is 7.72. The second-order valence-electron chi connectivity index (χ2n) is 3.96. The molecule has 3 nitrogen and oxygen atoms in total. The van der Waals surface area contributed by atoms with Crippen molar-refractivity contribution in [2.75, 3.05) is 6.54 Å². The van der Waals surface area contributed by atoms with Gasteiger partial charge in [0.1, 0.15) is 0 Å². The van der Waals surface area contributed by atoms with E-state index in [9.17, 15) is 9.90 Å². The molecule has 2 heterocycles. The summed E-state index contributed by atoms with van der Waals surface area (Å²) in [6.45, 7) is 0.465. The number of hydrogen-bond donors (Lipinski definition) is 2. The number of rotatable bonds is 6. The Morgan fingerprint density at radius 3 is 2.79 bits per heavy atom. The van der Waals surface area contributed by atoms with Crippen LogP contribution in [0.3, 0.4) is 0 Å². The van der Waals surface area contributed by atoms with Crippen molar-refractivity contribution in [2.24, 2.45) is 0 Å². The zero-order chi connectivity index (χ0) is 13.5. The maximum Gasteiger partial charge on any atom is 0.244 e. The van der Waals surface area contributed by atoms with Crippen LogP contribution in [0.15, 0.2) is 41.1 Å². The van der Waals surface area contributed by atoms with Crippen LogP contribution in [0.2, 0.25) is 0 Å². The Kier molecular flexibility index (Phi) is 5.32. The summed E-state index contributed by atoms with van der Waals surface area (Å²) in [5.74, 6) is -0.133. The van der Waals surface area contributed by atoms with Gasteiger partial charge in [-0.15, -0.1) is 22.7 Å². The summed E-state index contributed by atoms with van der Waals surface area (Å²) < 4.78 is 0. The van der Waals surface area contributed by atoms with E-state index in [4.69, 9.17) is 0 Å². The lowest BCUT2D eigenvalue weighted by Crippen LogP contribution is -2.23. The van der Waals surface area contributed by atoms with Crippen molar-refractivity contribution < 1.29 is 9.90 Å². The van der Waals surface area contributed by atoms with E-state index in [-0.39, 0.29) is 5.91 Å². The Balaban J connectivity index is 1.69. The summed E-state index contributed by atoms with van der Waals surface area (Å²) in [7, 11) is 0. The van der Waals surface area contributed by atoms with Gasteiger partial charge in [0.15, 0.2) is 0 Å². The van der Waals surface area contributed by atoms with Crippen molar-refractivity contribution >= 4 is 34.7 Å². The van der Waals surface area contributed by atoms with E-state index in [0.717, 1.165) is 9.75 Å². The SMILES string of the molecule is O=C(C=Cc1cccs1)NCCC(O)c1cccs1. The monoisotopic (exact) mass is 293 g/mol. The number of hydrogen-bond acceptors (Lipinski definition) is 4. The predicted octanol–water partition coefficient (Wildman–Crippen LogP) is 3.06. The van der Waals surface area contributed by atoms with E-state index in [1.807, 2.05) is 35.0 Å². The fourth-order valence-electron chi connectivity index (χ4n) is 1.56. The van der Waals surface area contributed by atoms with Gasteiger partial charge in [0.2, 0.25) is 5.91 Å². The molecule has 2 N–H and O–H groups in total. The van der Waals surface area contributed by atoms with Crippen LogP contribution >= 0.6 is 22.7 Å². The van der Waals surface area contributed by atoms with Gasteiger partial charge in [-0.3, -0.25) is 4.79 Å². The van der Waals surface area contributed by atoms with Crippen molar-refractivity contribution in [3.05, 3.63) is 50.9 Å². The van der Waals surface area contributed by atoms with E-state index in [2.05, 4.69) is 5.32 Å². The summed E-state index contributed by atoms with van der Waals surface area (Å²) in [5, 5.41) is 16.5. The molecule has 100 valence electrons. The highest BCUT2D eigenvalue weighted by atomic mass is 32.1. The Hall–Kier alpha value is -1.43. The summed E-state index contributed by atoms with van der Waals surface area (Å²) in [5.41, 5.74) is 0. The third kappa shape index (κ3) is 4.63. The number of amides is 1. The first-order chi connectivity index (χ1) is 9.25. The number of carbonyl (C=O) groups is 1. The Morgan fingerprint density at radius 2 is 2.11 bits per heavy atom. The molecular weight excluding hydrogens is 278 g/mol. The third-order valence-electron chi connectivity index (χ3n) is 2.53. The topological polar surface area (TPSA) is 49.3 Å². The number of aliphatic hydroxyl groups is 1. The molecule has 0 saturated carbocycles. The molecule has 1 amide bonds. The standard InChI is InChI=1S/C14H15NO2S2/c16-12(13-4-2-10-19-13)7-8-15-14(17)6-5-11-3-1-9-18-11/h1-6,9-10,12,16H,7-8H2,(H,15,17). The van der Waals surface area contributed by atoms with Crippen LogP contribution in [-0.2, 0) is 4.79 Å². The Bertz CT molecular complexity index is 518. The molecule has 0 aliphatic heterocycles. The zero-order valence-corrected chi connectivity index (χ0v) is 11.9. The Morgan fingerprint density at radius 1 is 1.32 bits per heavy atom. The maximum atomic E-state index is 11.5. The van der Waals surface area contributed by atoms with Crippen LogP contribution in [0, 0.1) is 0 Å². The molecule has 2 aromatic rings. The van der Waals surface area contributed by atoms with Crippen LogP contribution < -0.4 is 5.32 Å². The molecule has 19 heavy (non-hydrogen) atoms. The molecule has 0 fully saturated rings. The molecule has 0 aliphatic rings. The summed E-state index contributed by atoms with van der Waals surface area (Å²) in [6, 6.07) is 7.70. The van der Waals surface area contributed by atoms with E-state index in [1.54, 1.807) is 17.4 Å². The van der Waals surface area contributed by atoms with Gasteiger partial charge in [-0.1, -0.05) is 12.1 Å². The zero-order valence-electron chi connectivity index (χ0n) is 10.3. The third-order valence-corrected chi connectivity index (χ3v) is 4.34. The molecule has 1 atom stereocenters. The van der Waals surface area contributed by atoms with Gasteiger partial charge in [0.25, 0.3) is 0 Å². The van der Waals surface area contributed by atoms with Crippen molar-refractivity contribution in [3.63, 3.8) is 0 Å². The first-order valence-electron chi connectivity index (χ1n) is 5.96. The highest BCUT2D eigenvalue weighted by Crippen LogP contribution is 2.20. The average Bonchev–Trinajstić information content (AvgIpc) is 3.09. The van der Waals surface area contributed by atoms with Gasteiger partial charge in [0, 0.05) is 22.4 Å². The molecule has 0 bridgehead atoms. The van der Waals surface area contributed by atoms with E-state index < -0.39 is 6.10 Å². The maximum absolute atomic E-state index is 11.5. The molecule has 5 heteroatoms. The van der Waals surface area contributed by atoms with Gasteiger partial charge >= 0.3 is 0 Å². The summed E-state index contributed by atoms with van der Waals surface area (Å²) >= 11 is 3.11. The fourth-order valence-corrected chi connectivity index (χ4v) is 2.92. The second kappa shape index (κ2) is 7.23. The molecule has 0 aromatic carbocycles. The molecule has 2 rings (SSSR count). The van der Waals surface area contributed by atoms with Gasteiger partial charge in [-0.25, -0.2) is 0 Å². The number of aliphatic hydroxyl groups excluding tert-OH is 1. The minimum Gasteiger partial charge on any atom is -0.388 e. The van der Waals surface area contributed by atoms with Crippen molar-refractivity contribution in [1.82, 2.24) is 5.32 Å². The minimum absolute atomic E-state index is 0.133.